The maximum atomic E-state index is 13.6. The summed E-state index contributed by atoms with van der Waals surface area (Å²) in [7, 11) is 0. The van der Waals surface area contributed by atoms with E-state index in [9.17, 15) is 14.4 Å². The largest absolute Gasteiger partial charge is 0.449 e. The van der Waals surface area contributed by atoms with Gasteiger partial charge in [0.25, 0.3) is 5.56 Å². The van der Waals surface area contributed by atoms with Crippen molar-refractivity contribution in [3.8, 4) is 0 Å². The first kappa shape index (κ1) is 22.1. The van der Waals surface area contributed by atoms with Crippen LogP contribution in [0.25, 0.3) is 22.1 Å². The van der Waals surface area contributed by atoms with E-state index >= 15 is 0 Å². The average molecular weight is 480 g/mol. The maximum absolute atomic E-state index is 13.6. The molecule has 6 rings (SSSR count). The topological polar surface area (TPSA) is 86.2 Å². The highest BCUT2D eigenvalue weighted by atomic mass is 16.3. The molecule has 2 aromatic heterocycles. The van der Waals surface area contributed by atoms with Crippen LogP contribution in [-0.4, -0.2) is 15.0 Å². The number of furan rings is 1. The van der Waals surface area contributed by atoms with Crippen molar-refractivity contribution in [2.75, 3.05) is 0 Å². The smallest absolute Gasteiger partial charge is 0.332 e. The van der Waals surface area contributed by atoms with Crippen molar-refractivity contribution >= 4 is 28.0 Å². The van der Waals surface area contributed by atoms with Gasteiger partial charge in [-0.15, -0.1) is 0 Å². The summed E-state index contributed by atoms with van der Waals surface area (Å²) in [5.74, 6) is -0.279. The number of fused-ring (bicyclic) bond motifs is 4. The number of benzene rings is 3. The molecule has 5 aromatic rings. The summed E-state index contributed by atoms with van der Waals surface area (Å²) in [6.07, 6.45) is 2.23. The Morgan fingerprint density at radius 3 is 2.53 bits per heavy atom. The van der Waals surface area contributed by atoms with Crippen LogP contribution in [0.2, 0.25) is 0 Å². The van der Waals surface area contributed by atoms with E-state index in [2.05, 4.69) is 11.4 Å². The van der Waals surface area contributed by atoms with Crippen LogP contribution in [0.1, 0.15) is 29.2 Å². The molecule has 2 heterocycles. The van der Waals surface area contributed by atoms with Crippen LogP contribution in [0.4, 0.5) is 0 Å². The quantitative estimate of drug-likeness (QED) is 0.400. The summed E-state index contributed by atoms with van der Waals surface area (Å²) >= 11 is 0. The average Bonchev–Trinajstić information content (AvgIpc) is 3.49. The number of carbonyl (C=O) groups excluding carboxylic acids is 1. The number of carbonyl (C=O) groups is 1. The van der Waals surface area contributed by atoms with Crippen molar-refractivity contribution in [1.82, 2.24) is 14.5 Å². The van der Waals surface area contributed by atoms with Crippen molar-refractivity contribution in [3.63, 3.8) is 0 Å². The Kier molecular flexibility index (Phi) is 5.52. The molecular weight excluding hydrogens is 454 g/mol. The van der Waals surface area contributed by atoms with Gasteiger partial charge in [0.2, 0.25) is 11.5 Å². The minimum Gasteiger partial charge on any atom is -0.449 e. The lowest BCUT2D eigenvalue weighted by molar-refractivity contribution is -0.122. The van der Waals surface area contributed by atoms with Gasteiger partial charge in [0.05, 0.1) is 6.04 Å². The fourth-order valence-corrected chi connectivity index (χ4v) is 5.22. The molecule has 0 aliphatic heterocycles. The molecule has 0 saturated heterocycles. The fourth-order valence-electron chi connectivity index (χ4n) is 5.22. The summed E-state index contributed by atoms with van der Waals surface area (Å²) in [6.45, 7) is -0.0184. The number of aryl methyl sites for hydroxylation is 2. The molecule has 1 N–H and O–H groups in total. The molecule has 1 aliphatic carbocycles. The number of hydrogen-bond acceptors (Lipinski definition) is 4. The van der Waals surface area contributed by atoms with Crippen LogP contribution in [0.3, 0.4) is 0 Å². The lowest BCUT2D eigenvalue weighted by atomic mass is 10.1. The lowest BCUT2D eigenvalue weighted by Crippen LogP contribution is -2.43. The van der Waals surface area contributed by atoms with Crippen molar-refractivity contribution < 1.29 is 9.21 Å². The summed E-state index contributed by atoms with van der Waals surface area (Å²) in [6, 6.07) is 24.9. The van der Waals surface area contributed by atoms with Gasteiger partial charge < -0.3 is 9.73 Å². The van der Waals surface area contributed by atoms with Crippen LogP contribution < -0.4 is 16.6 Å². The highest BCUT2D eigenvalue weighted by Gasteiger charge is 2.25. The molecule has 0 fully saturated rings. The van der Waals surface area contributed by atoms with Crippen molar-refractivity contribution in [2.24, 2.45) is 0 Å². The second-order valence-corrected chi connectivity index (χ2v) is 9.19. The van der Waals surface area contributed by atoms with Gasteiger partial charge in [0, 0.05) is 11.9 Å². The van der Waals surface area contributed by atoms with Crippen molar-refractivity contribution in [1.29, 1.82) is 0 Å². The third-order valence-electron chi connectivity index (χ3n) is 6.98. The normalized spacial score (nSPS) is 14.8. The predicted octanol–water partition coefficient (Wildman–Crippen LogP) is 3.96. The number of nitrogens with one attached hydrogen (secondary N) is 1. The van der Waals surface area contributed by atoms with Gasteiger partial charge in [-0.2, -0.15) is 0 Å². The zero-order valence-electron chi connectivity index (χ0n) is 19.6. The summed E-state index contributed by atoms with van der Waals surface area (Å²) in [5, 5.41) is 3.73. The summed E-state index contributed by atoms with van der Waals surface area (Å²) in [4.78, 5) is 40.2. The molecule has 36 heavy (non-hydrogen) atoms. The molecule has 180 valence electrons. The van der Waals surface area contributed by atoms with Gasteiger partial charge in [-0.25, -0.2) is 4.79 Å². The highest BCUT2D eigenvalue weighted by molar-refractivity contribution is 6.02. The van der Waals surface area contributed by atoms with Crippen LogP contribution in [0, 0.1) is 0 Å². The van der Waals surface area contributed by atoms with Crippen LogP contribution in [0.5, 0.6) is 0 Å². The third kappa shape index (κ3) is 3.82. The van der Waals surface area contributed by atoms with Crippen LogP contribution in [-0.2, 0) is 30.7 Å². The first-order chi connectivity index (χ1) is 17.6. The van der Waals surface area contributed by atoms with Crippen LogP contribution >= 0.6 is 0 Å². The first-order valence-electron chi connectivity index (χ1n) is 12.2. The molecule has 1 atom stereocenters. The van der Waals surface area contributed by atoms with E-state index in [0.29, 0.717) is 22.9 Å². The Bertz CT molecular complexity index is 1710. The number of rotatable bonds is 6. The van der Waals surface area contributed by atoms with E-state index in [1.165, 1.54) is 14.7 Å². The van der Waals surface area contributed by atoms with Gasteiger partial charge in [-0.05, 0) is 48.1 Å². The molecule has 7 nitrogen and oxygen atoms in total. The minimum absolute atomic E-state index is 0.0860. The Hall–Kier alpha value is -4.39. The zero-order chi connectivity index (χ0) is 24.6. The summed E-state index contributed by atoms with van der Waals surface area (Å²) < 4.78 is 8.46. The Labute approximate surface area is 206 Å². The molecular formula is C29H25N3O4. The first-order valence-corrected chi connectivity index (χ1v) is 12.2. The maximum Gasteiger partial charge on any atom is 0.332 e. The second kappa shape index (κ2) is 9.00. The van der Waals surface area contributed by atoms with Gasteiger partial charge in [-0.1, -0.05) is 66.7 Å². The highest BCUT2D eigenvalue weighted by Crippen LogP contribution is 2.31. The summed E-state index contributed by atoms with van der Waals surface area (Å²) in [5.41, 5.74) is 3.31. The number of para-hydroxylation sites is 1. The predicted molar refractivity (Wildman–Crippen MR) is 138 cm³/mol. The van der Waals surface area contributed by atoms with Crippen LogP contribution in [0.15, 0.2) is 92.9 Å². The Balaban J connectivity index is 1.40. The Morgan fingerprint density at radius 1 is 0.917 bits per heavy atom. The van der Waals surface area contributed by atoms with Crippen molar-refractivity contribution in [2.45, 2.75) is 38.4 Å². The zero-order valence-corrected chi connectivity index (χ0v) is 19.6. The minimum atomic E-state index is -0.517. The molecule has 0 bridgehead atoms. The number of nitrogens with zero attached hydrogens (tertiary/aromatic N) is 2. The monoisotopic (exact) mass is 479 g/mol. The third-order valence-corrected chi connectivity index (χ3v) is 6.98. The van der Waals surface area contributed by atoms with E-state index in [1.54, 1.807) is 12.1 Å². The SMILES string of the molecule is O=C(Cn1c(=O)n(CCc2ccccc2)c(=O)c2oc3ccccc3c21)NC1CCc2ccccc21. The lowest BCUT2D eigenvalue weighted by Gasteiger charge is -2.16. The van der Waals surface area contributed by atoms with E-state index in [1.807, 2.05) is 60.7 Å². The van der Waals surface area contributed by atoms with Crippen molar-refractivity contribution in [3.05, 3.63) is 116 Å². The standard InChI is InChI=1S/C29H25N3O4/c33-25(30-23-15-14-20-10-4-5-11-21(20)23)18-32-26-22-12-6-7-13-24(22)36-27(26)28(34)31(29(32)35)17-16-19-8-2-1-3-9-19/h1-13,23H,14-18H2,(H,30,33). The number of hydrogen-bond donors (Lipinski definition) is 1. The molecule has 1 amide bonds. The van der Waals surface area contributed by atoms with Gasteiger partial charge in [-0.3, -0.25) is 18.7 Å². The van der Waals surface area contributed by atoms with Gasteiger partial charge >= 0.3 is 5.69 Å². The molecule has 1 unspecified atom stereocenters. The molecule has 1 aliphatic rings. The molecule has 3 aromatic carbocycles. The van der Waals surface area contributed by atoms with E-state index in [0.717, 1.165) is 24.0 Å². The molecule has 0 radical (unpaired) electrons. The van der Waals surface area contributed by atoms with E-state index in [4.69, 9.17) is 4.42 Å². The molecule has 0 saturated carbocycles. The molecule has 7 heteroatoms. The van der Waals surface area contributed by atoms with Gasteiger partial charge in [0.15, 0.2) is 0 Å². The van der Waals surface area contributed by atoms with E-state index in [-0.39, 0.29) is 30.6 Å². The van der Waals surface area contributed by atoms with E-state index < -0.39 is 11.2 Å². The Morgan fingerprint density at radius 2 is 1.67 bits per heavy atom. The number of amides is 1. The molecule has 0 spiro atoms. The fraction of sp³-hybridized carbons (Fsp3) is 0.207. The second-order valence-electron chi connectivity index (χ2n) is 9.19. The number of aromatic nitrogens is 2. The van der Waals surface area contributed by atoms with Gasteiger partial charge in [0.1, 0.15) is 17.6 Å².